The number of carbonyl (C=O) groups is 2. The second-order valence-corrected chi connectivity index (χ2v) is 11.4. The molecule has 1 aliphatic heterocycles. The first-order chi connectivity index (χ1) is 16.4. The summed E-state index contributed by atoms with van der Waals surface area (Å²) in [7, 11) is 0. The van der Waals surface area contributed by atoms with Gasteiger partial charge in [0.05, 0.1) is 21.6 Å². The Balaban J connectivity index is 1.24. The van der Waals surface area contributed by atoms with Gasteiger partial charge in [0.1, 0.15) is 11.4 Å². The second kappa shape index (κ2) is 8.18. The van der Waals surface area contributed by atoms with E-state index in [0.717, 1.165) is 26.8 Å². The van der Waals surface area contributed by atoms with Crippen LogP contribution in [0.15, 0.2) is 35.8 Å². The van der Waals surface area contributed by atoms with Crippen molar-refractivity contribution in [3.05, 3.63) is 63.0 Å². The normalized spacial score (nSPS) is 21.1. The maximum atomic E-state index is 13.7. The molecule has 34 heavy (non-hydrogen) atoms. The van der Waals surface area contributed by atoms with Crippen molar-refractivity contribution < 1.29 is 9.59 Å². The fraction of sp³-hybridized carbons (Fsp3) is 0.333. The number of imidazole rings is 1. The lowest BCUT2D eigenvalue weighted by Gasteiger charge is -2.27. The first kappa shape index (κ1) is 21.8. The minimum Gasteiger partial charge on any atom is -0.349 e. The van der Waals surface area contributed by atoms with Gasteiger partial charge in [-0.05, 0) is 49.8 Å². The number of fused-ring (bicyclic) bond motifs is 2. The smallest absolute Gasteiger partial charge is 0.274 e. The Kier molecular flexibility index (Phi) is 5.24. The van der Waals surface area contributed by atoms with Gasteiger partial charge in [0.25, 0.3) is 11.8 Å². The van der Waals surface area contributed by atoms with Crippen LogP contribution in [0, 0.1) is 25.7 Å². The molecular weight excluding hydrogens is 490 g/mol. The number of rotatable bonds is 5. The molecule has 2 fully saturated rings. The van der Waals surface area contributed by atoms with E-state index in [2.05, 4.69) is 15.3 Å². The Bertz CT molecular complexity index is 1440. The lowest BCUT2D eigenvalue weighted by atomic mass is 10.1. The molecule has 1 aliphatic carbocycles. The van der Waals surface area contributed by atoms with Gasteiger partial charge < -0.3 is 10.2 Å². The number of aromatic nitrogens is 3. The van der Waals surface area contributed by atoms with E-state index in [0.29, 0.717) is 47.0 Å². The molecule has 2 amide bonds. The van der Waals surface area contributed by atoms with E-state index < -0.39 is 0 Å². The van der Waals surface area contributed by atoms with Gasteiger partial charge in [-0.25, -0.2) is 9.97 Å². The Morgan fingerprint density at radius 2 is 2.12 bits per heavy atom. The number of halogens is 1. The number of nitrogens with one attached hydrogen (secondary N) is 1. The van der Waals surface area contributed by atoms with Crippen molar-refractivity contribution in [2.24, 2.45) is 11.8 Å². The first-order valence-corrected chi connectivity index (χ1v) is 13.2. The van der Waals surface area contributed by atoms with Gasteiger partial charge in [-0.1, -0.05) is 23.7 Å². The molecule has 1 saturated carbocycles. The number of carbonyl (C=O) groups excluding carboxylic acids is 2. The van der Waals surface area contributed by atoms with E-state index >= 15 is 0 Å². The summed E-state index contributed by atoms with van der Waals surface area (Å²) in [6.07, 6.45) is 2.96. The molecule has 4 aromatic rings. The monoisotopic (exact) mass is 511 g/mol. The van der Waals surface area contributed by atoms with Crippen molar-refractivity contribution in [3.8, 4) is 10.4 Å². The van der Waals surface area contributed by atoms with Crippen LogP contribution in [0.4, 0.5) is 0 Å². The molecule has 0 unspecified atom stereocenters. The summed E-state index contributed by atoms with van der Waals surface area (Å²) in [5.74, 6) is 0.683. The van der Waals surface area contributed by atoms with Crippen LogP contribution in [0.25, 0.3) is 15.4 Å². The Morgan fingerprint density at radius 1 is 1.26 bits per heavy atom. The van der Waals surface area contributed by atoms with E-state index in [4.69, 9.17) is 11.6 Å². The van der Waals surface area contributed by atoms with Gasteiger partial charge in [0, 0.05) is 29.7 Å². The van der Waals surface area contributed by atoms with Crippen molar-refractivity contribution in [1.82, 2.24) is 24.6 Å². The predicted molar refractivity (Wildman–Crippen MR) is 134 cm³/mol. The Labute approximate surface area is 209 Å². The topological polar surface area (TPSA) is 79.6 Å². The summed E-state index contributed by atoms with van der Waals surface area (Å²) in [6.45, 7) is 4.88. The zero-order valence-electron chi connectivity index (χ0n) is 18.6. The van der Waals surface area contributed by atoms with Crippen LogP contribution in [0.1, 0.15) is 38.1 Å². The van der Waals surface area contributed by atoms with Crippen LogP contribution in [-0.2, 0) is 0 Å². The molecule has 1 saturated heterocycles. The fourth-order valence-corrected chi connectivity index (χ4v) is 6.91. The molecule has 3 aromatic heterocycles. The van der Waals surface area contributed by atoms with Gasteiger partial charge >= 0.3 is 0 Å². The molecule has 1 N–H and O–H groups in total. The molecule has 10 heteroatoms. The summed E-state index contributed by atoms with van der Waals surface area (Å²) in [5, 5.41) is 6.45. The fourth-order valence-electron chi connectivity index (χ4n) is 5.05. The molecule has 174 valence electrons. The highest BCUT2D eigenvalue weighted by molar-refractivity contribution is 7.15. The van der Waals surface area contributed by atoms with Crippen LogP contribution >= 0.6 is 34.3 Å². The number of nitrogens with zero attached hydrogens (tertiary/aromatic N) is 4. The summed E-state index contributed by atoms with van der Waals surface area (Å²) < 4.78 is 1.82. The average molecular weight is 512 g/mol. The molecule has 2 aliphatic rings. The van der Waals surface area contributed by atoms with E-state index in [1.54, 1.807) is 0 Å². The Hall–Kier alpha value is -2.75. The third kappa shape index (κ3) is 3.62. The van der Waals surface area contributed by atoms with Crippen LogP contribution in [0.2, 0.25) is 5.02 Å². The molecule has 0 spiro atoms. The van der Waals surface area contributed by atoms with Gasteiger partial charge in [-0.2, -0.15) is 0 Å². The summed E-state index contributed by atoms with van der Waals surface area (Å²) in [4.78, 5) is 39.3. The third-order valence-corrected chi connectivity index (χ3v) is 8.72. The summed E-state index contributed by atoms with van der Waals surface area (Å²) >= 11 is 9.21. The van der Waals surface area contributed by atoms with Crippen molar-refractivity contribution in [3.63, 3.8) is 0 Å². The standard InChI is InChI=1S/C24H22ClN5O2S2/c1-12-20(29-6-7-33-24(29)27-12)22(31)26-10-18-17-9-15(17)11-30(18)23(32)19-21(34-13(2)28-19)14-4-3-5-16(25)8-14/h3-8,15,17-18H,9-11H2,1-2H3,(H,26,31)/t15-,17-,18+/m0/s1. The number of hydrogen-bond donors (Lipinski definition) is 1. The van der Waals surface area contributed by atoms with Crippen LogP contribution in [-0.4, -0.2) is 50.2 Å². The third-order valence-electron chi connectivity index (χ3n) is 6.71. The summed E-state index contributed by atoms with van der Waals surface area (Å²) in [6, 6.07) is 7.48. The van der Waals surface area contributed by atoms with Crippen LogP contribution in [0.5, 0.6) is 0 Å². The SMILES string of the molecule is Cc1nc(C(=O)N2C[C@@H]3C[C@@H]3[C@H]2CNC(=O)c2c(C)nc3sccn23)c(-c2cccc(Cl)c2)s1. The zero-order chi connectivity index (χ0) is 23.6. The minimum absolute atomic E-state index is 0.0399. The summed E-state index contributed by atoms with van der Waals surface area (Å²) in [5.41, 5.74) is 2.62. The minimum atomic E-state index is -0.163. The van der Waals surface area contributed by atoms with Crippen molar-refractivity contribution in [1.29, 1.82) is 0 Å². The van der Waals surface area contributed by atoms with Crippen molar-refractivity contribution in [2.75, 3.05) is 13.1 Å². The van der Waals surface area contributed by atoms with E-state index in [1.807, 2.05) is 59.0 Å². The first-order valence-electron chi connectivity index (χ1n) is 11.2. The largest absolute Gasteiger partial charge is 0.349 e. The van der Waals surface area contributed by atoms with Crippen molar-refractivity contribution in [2.45, 2.75) is 26.3 Å². The van der Waals surface area contributed by atoms with E-state index in [9.17, 15) is 9.59 Å². The molecule has 6 rings (SSSR count). The zero-order valence-corrected chi connectivity index (χ0v) is 21.0. The molecule has 3 atom stereocenters. The maximum absolute atomic E-state index is 13.7. The highest BCUT2D eigenvalue weighted by Gasteiger charge is 2.54. The second-order valence-electron chi connectivity index (χ2n) is 8.92. The maximum Gasteiger partial charge on any atom is 0.274 e. The van der Waals surface area contributed by atoms with Gasteiger partial charge in [-0.15, -0.1) is 22.7 Å². The predicted octanol–water partition coefficient (Wildman–Crippen LogP) is 4.68. The quantitative estimate of drug-likeness (QED) is 0.422. The molecule has 7 nitrogen and oxygen atoms in total. The number of likely N-dealkylation sites (tertiary alicyclic amines) is 1. The highest BCUT2D eigenvalue weighted by atomic mass is 35.5. The number of piperidine rings is 1. The lowest BCUT2D eigenvalue weighted by Crippen LogP contribution is -2.46. The van der Waals surface area contributed by atoms with Crippen LogP contribution < -0.4 is 5.32 Å². The number of aryl methyl sites for hydroxylation is 2. The van der Waals surface area contributed by atoms with Gasteiger partial charge in [-0.3, -0.25) is 14.0 Å². The molecule has 0 bridgehead atoms. The average Bonchev–Trinajstić information content (AvgIpc) is 3.14. The number of thiazole rings is 2. The van der Waals surface area contributed by atoms with Crippen LogP contribution in [0.3, 0.4) is 0 Å². The van der Waals surface area contributed by atoms with E-state index in [1.165, 1.54) is 22.7 Å². The number of amides is 2. The lowest BCUT2D eigenvalue weighted by molar-refractivity contribution is 0.0690. The molecule has 4 heterocycles. The van der Waals surface area contributed by atoms with E-state index in [-0.39, 0.29) is 17.9 Å². The van der Waals surface area contributed by atoms with Gasteiger partial charge in [0.15, 0.2) is 4.96 Å². The molecule has 1 aromatic carbocycles. The number of benzene rings is 1. The number of hydrogen-bond acceptors (Lipinski definition) is 6. The molecular formula is C24H22ClN5O2S2. The van der Waals surface area contributed by atoms with Gasteiger partial charge in [0.2, 0.25) is 0 Å². The highest BCUT2D eigenvalue weighted by Crippen LogP contribution is 2.50. The van der Waals surface area contributed by atoms with Crippen molar-refractivity contribution >= 4 is 51.0 Å². The Morgan fingerprint density at radius 3 is 2.94 bits per heavy atom. The molecule has 0 radical (unpaired) electrons.